The summed E-state index contributed by atoms with van der Waals surface area (Å²) in [4.78, 5) is 0. The van der Waals surface area contributed by atoms with E-state index in [1.807, 2.05) is 11.8 Å². The van der Waals surface area contributed by atoms with E-state index in [0.29, 0.717) is 0 Å². The first kappa shape index (κ1) is 12.3. The van der Waals surface area contributed by atoms with Gasteiger partial charge in [-0.15, -0.1) is 0 Å². The summed E-state index contributed by atoms with van der Waals surface area (Å²) in [6.07, 6.45) is 1.27. The molecule has 0 aliphatic heterocycles. The summed E-state index contributed by atoms with van der Waals surface area (Å²) < 4.78 is 4.94. The molecule has 0 fully saturated rings. The number of methoxy groups -OCH3 is 1. The third kappa shape index (κ3) is 8.37. The van der Waals surface area contributed by atoms with E-state index in [0.717, 1.165) is 24.9 Å². The van der Waals surface area contributed by atoms with Crippen molar-refractivity contribution >= 4 is 11.8 Å². The molecule has 0 rings (SSSR count). The summed E-state index contributed by atoms with van der Waals surface area (Å²) in [6, 6.07) is 0. The van der Waals surface area contributed by atoms with Gasteiger partial charge in [-0.25, -0.2) is 0 Å². The average Bonchev–Trinajstić information content (AvgIpc) is 2.09. The van der Waals surface area contributed by atoms with Crippen LogP contribution in [0.15, 0.2) is 0 Å². The van der Waals surface area contributed by atoms with E-state index < -0.39 is 0 Å². The van der Waals surface area contributed by atoms with Crippen molar-refractivity contribution < 1.29 is 4.74 Å². The third-order valence-corrected chi connectivity index (χ3v) is 2.90. The van der Waals surface area contributed by atoms with Crippen molar-refractivity contribution in [1.82, 2.24) is 5.32 Å². The molecule has 0 aromatic heterocycles. The summed E-state index contributed by atoms with van der Waals surface area (Å²) in [5.74, 6) is 1.27. The van der Waals surface area contributed by atoms with E-state index >= 15 is 0 Å². The van der Waals surface area contributed by atoms with Crippen LogP contribution in [0.5, 0.6) is 0 Å². The summed E-state index contributed by atoms with van der Waals surface area (Å²) in [5, 5.41) is 4.07. The highest BCUT2D eigenvalue weighted by molar-refractivity contribution is 7.99. The van der Waals surface area contributed by atoms with Gasteiger partial charge in [-0.2, -0.15) is 11.8 Å². The summed E-state index contributed by atoms with van der Waals surface area (Å²) in [6.45, 7) is 7.35. The smallest absolute Gasteiger partial charge is 0.0587 e. The fourth-order valence-electron chi connectivity index (χ4n) is 0.858. The molecule has 1 N–H and O–H groups in total. The number of hydrogen-bond donors (Lipinski definition) is 1. The van der Waals surface area contributed by atoms with Gasteiger partial charge in [0, 0.05) is 25.4 Å². The summed E-state index contributed by atoms with van der Waals surface area (Å²) in [5.41, 5.74) is 0. The Balaban J connectivity index is 3.02. The Morgan fingerprint density at radius 2 is 2.25 bits per heavy atom. The zero-order chi connectivity index (χ0) is 9.23. The molecule has 0 bridgehead atoms. The quantitative estimate of drug-likeness (QED) is 0.591. The van der Waals surface area contributed by atoms with Crippen molar-refractivity contribution in [3.8, 4) is 0 Å². The van der Waals surface area contributed by atoms with Gasteiger partial charge in [-0.05, 0) is 12.2 Å². The Morgan fingerprint density at radius 3 is 2.83 bits per heavy atom. The van der Waals surface area contributed by atoms with Crippen molar-refractivity contribution in [1.29, 1.82) is 0 Å². The summed E-state index contributed by atoms with van der Waals surface area (Å²) >= 11 is 2.03. The lowest BCUT2D eigenvalue weighted by Gasteiger charge is -2.11. The minimum atomic E-state index is 0.724. The van der Waals surface area contributed by atoms with Crippen LogP contribution in [0, 0.1) is 0 Å². The largest absolute Gasteiger partial charge is 0.383 e. The van der Waals surface area contributed by atoms with Gasteiger partial charge in [-0.3, -0.25) is 0 Å². The maximum atomic E-state index is 4.94. The van der Waals surface area contributed by atoms with Crippen LogP contribution < -0.4 is 5.32 Å². The average molecular weight is 191 g/mol. The van der Waals surface area contributed by atoms with E-state index in [9.17, 15) is 0 Å². The molecule has 3 heteroatoms. The van der Waals surface area contributed by atoms with Gasteiger partial charge >= 0.3 is 0 Å². The van der Waals surface area contributed by atoms with Gasteiger partial charge in [0.15, 0.2) is 0 Å². The number of hydrogen-bond acceptors (Lipinski definition) is 3. The molecular formula is C9H21NOS. The Bertz CT molecular complexity index is 90.6. The number of thioether (sulfide) groups is 1. The van der Waals surface area contributed by atoms with Gasteiger partial charge in [0.2, 0.25) is 0 Å². The predicted molar refractivity (Wildman–Crippen MR) is 57.0 cm³/mol. The van der Waals surface area contributed by atoms with Gasteiger partial charge in [0.25, 0.3) is 0 Å². The molecule has 0 saturated heterocycles. The second-order valence-corrected chi connectivity index (χ2v) is 4.42. The van der Waals surface area contributed by atoms with Crippen molar-refractivity contribution in [2.24, 2.45) is 0 Å². The van der Waals surface area contributed by atoms with Crippen LogP contribution in [0.3, 0.4) is 0 Å². The molecule has 2 nitrogen and oxygen atoms in total. The highest BCUT2D eigenvalue weighted by Gasteiger charge is 1.99. The Kier molecular flexibility index (Phi) is 9.57. The van der Waals surface area contributed by atoms with Crippen LogP contribution in [0.25, 0.3) is 0 Å². The lowest BCUT2D eigenvalue weighted by Crippen LogP contribution is -2.26. The molecule has 1 unspecified atom stereocenters. The SMILES string of the molecule is CCCSC(C)CNCCOC. The van der Waals surface area contributed by atoms with E-state index in [4.69, 9.17) is 4.74 Å². The molecule has 0 radical (unpaired) electrons. The molecule has 1 atom stereocenters. The van der Waals surface area contributed by atoms with E-state index in [1.54, 1.807) is 7.11 Å². The van der Waals surface area contributed by atoms with Crippen molar-refractivity contribution in [3.63, 3.8) is 0 Å². The first-order valence-electron chi connectivity index (χ1n) is 4.62. The van der Waals surface area contributed by atoms with Crippen LogP contribution in [-0.4, -0.2) is 37.8 Å². The second-order valence-electron chi connectivity index (χ2n) is 2.88. The molecule has 0 heterocycles. The third-order valence-electron chi connectivity index (χ3n) is 1.52. The Morgan fingerprint density at radius 1 is 1.50 bits per heavy atom. The van der Waals surface area contributed by atoms with Gasteiger partial charge in [-0.1, -0.05) is 13.8 Å². The van der Waals surface area contributed by atoms with Crippen LogP contribution in [0.2, 0.25) is 0 Å². The molecule has 0 aromatic carbocycles. The minimum Gasteiger partial charge on any atom is -0.383 e. The van der Waals surface area contributed by atoms with Gasteiger partial charge < -0.3 is 10.1 Å². The van der Waals surface area contributed by atoms with E-state index in [1.165, 1.54) is 12.2 Å². The second kappa shape index (κ2) is 9.36. The highest BCUT2D eigenvalue weighted by Crippen LogP contribution is 2.09. The van der Waals surface area contributed by atoms with Gasteiger partial charge in [0.05, 0.1) is 6.61 Å². The van der Waals surface area contributed by atoms with Crippen LogP contribution >= 0.6 is 11.8 Å². The molecule has 74 valence electrons. The predicted octanol–water partition coefficient (Wildman–Crippen LogP) is 1.75. The van der Waals surface area contributed by atoms with Crippen molar-refractivity contribution in [2.75, 3.05) is 32.6 Å². The minimum absolute atomic E-state index is 0.724. The van der Waals surface area contributed by atoms with Gasteiger partial charge in [0.1, 0.15) is 0 Å². The molecule has 0 spiro atoms. The number of ether oxygens (including phenoxy) is 1. The molecule has 0 aromatic rings. The fourth-order valence-corrected chi connectivity index (χ4v) is 1.73. The summed E-state index contributed by atoms with van der Waals surface area (Å²) in [7, 11) is 1.73. The van der Waals surface area contributed by atoms with Crippen LogP contribution in [0.4, 0.5) is 0 Å². The molecule has 0 aliphatic carbocycles. The zero-order valence-electron chi connectivity index (χ0n) is 8.43. The van der Waals surface area contributed by atoms with Crippen LogP contribution in [-0.2, 0) is 4.74 Å². The lowest BCUT2D eigenvalue weighted by molar-refractivity contribution is 0.199. The van der Waals surface area contributed by atoms with Crippen LogP contribution in [0.1, 0.15) is 20.3 Å². The molecule has 0 aliphatic rings. The standard InChI is InChI=1S/C9H21NOS/c1-4-7-12-9(2)8-10-5-6-11-3/h9-10H,4-8H2,1-3H3. The first-order valence-corrected chi connectivity index (χ1v) is 5.67. The molecular weight excluding hydrogens is 170 g/mol. The molecule has 0 amide bonds. The van der Waals surface area contributed by atoms with E-state index in [2.05, 4.69) is 19.2 Å². The van der Waals surface area contributed by atoms with Crippen molar-refractivity contribution in [3.05, 3.63) is 0 Å². The monoisotopic (exact) mass is 191 g/mol. The van der Waals surface area contributed by atoms with E-state index in [-0.39, 0.29) is 0 Å². The lowest BCUT2D eigenvalue weighted by atomic mass is 10.4. The molecule has 0 saturated carbocycles. The topological polar surface area (TPSA) is 21.3 Å². The Labute approximate surface area is 80.4 Å². The zero-order valence-corrected chi connectivity index (χ0v) is 9.25. The van der Waals surface area contributed by atoms with Crippen molar-refractivity contribution in [2.45, 2.75) is 25.5 Å². The Hall–Kier alpha value is 0.270. The molecule has 12 heavy (non-hydrogen) atoms. The highest BCUT2D eigenvalue weighted by atomic mass is 32.2. The number of rotatable bonds is 8. The maximum absolute atomic E-state index is 4.94. The first-order chi connectivity index (χ1) is 5.81. The fraction of sp³-hybridized carbons (Fsp3) is 1.00. The maximum Gasteiger partial charge on any atom is 0.0587 e. The number of nitrogens with one attached hydrogen (secondary N) is 1. The normalized spacial score (nSPS) is 13.2.